The molecule has 0 fully saturated rings. The minimum absolute atomic E-state index is 0.119. The number of aromatic hydroxyl groups is 2. The lowest BCUT2D eigenvalue weighted by molar-refractivity contribution is -0.691. The number of pyridine rings is 1. The maximum atomic E-state index is 11.1. The normalized spacial score (nSPS) is 12.4. The molecule has 1 aliphatic heterocycles. The van der Waals surface area contributed by atoms with Crippen molar-refractivity contribution in [3.63, 3.8) is 0 Å². The predicted molar refractivity (Wildman–Crippen MR) is 96.3 cm³/mol. The number of benzene rings is 2. The second-order valence-electron chi connectivity index (χ2n) is 6.16. The number of hydrogen-bond donors (Lipinski definition) is 2. The molecule has 6 nitrogen and oxygen atoms in total. The molecule has 134 valence electrons. The highest BCUT2D eigenvalue weighted by Crippen LogP contribution is 2.45. The van der Waals surface area contributed by atoms with Crippen molar-refractivity contribution >= 4 is 10.8 Å². The zero-order valence-electron chi connectivity index (χ0n) is 14.9. The highest BCUT2D eigenvalue weighted by atomic mass is 16.5. The minimum Gasteiger partial charge on any atom is -0.508 e. The molecule has 1 aliphatic rings. The van der Waals surface area contributed by atoms with E-state index in [1.165, 1.54) is 0 Å². The van der Waals surface area contributed by atoms with Gasteiger partial charge in [-0.1, -0.05) is 6.07 Å². The van der Waals surface area contributed by atoms with Crippen LogP contribution < -0.4 is 18.8 Å². The largest absolute Gasteiger partial charge is 0.508 e. The first-order chi connectivity index (χ1) is 12.6. The molecule has 0 saturated carbocycles. The summed E-state index contributed by atoms with van der Waals surface area (Å²) in [6, 6.07) is 8.90. The number of methoxy groups -OCH3 is 3. The van der Waals surface area contributed by atoms with Crippen LogP contribution in [-0.4, -0.2) is 31.5 Å². The van der Waals surface area contributed by atoms with Gasteiger partial charge in [-0.05, 0) is 18.2 Å². The second kappa shape index (κ2) is 5.98. The van der Waals surface area contributed by atoms with E-state index < -0.39 is 0 Å². The summed E-state index contributed by atoms with van der Waals surface area (Å²) >= 11 is 0. The summed E-state index contributed by atoms with van der Waals surface area (Å²) in [6.07, 6.45) is 0.610. The van der Waals surface area contributed by atoms with Crippen molar-refractivity contribution in [3.8, 4) is 40.1 Å². The van der Waals surface area contributed by atoms with Crippen molar-refractivity contribution in [2.45, 2.75) is 13.0 Å². The standard InChI is InChI=1S/C20H19NO5/c1-24-11-9-14-12(15(22)10-11)7-8-21-18(14)19(23)13-5-4-6-16(25-2)17(13)20(21)26-3/h4-6,9-10H,7-8H2,1-3H3,(H-,22,23)/p+1. The Morgan fingerprint density at radius 3 is 2.50 bits per heavy atom. The highest BCUT2D eigenvalue weighted by Gasteiger charge is 2.36. The molecule has 2 heterocycles. The lowest BCUT2D eigenvalue weighted by Gasteiger charge is -2.21. The number of phenols is 1. The molecule has 2 aromatic carbocycles. The maximum Gasteiger partial charge on any atom is 0.380 e. The van der Waals surface area contributed by atoms with E-state index >= 15 is 0 Å². The van der Waals surface area contributed by atoms with Crippen LogP contribution in [-0.2, 0) is 13.0 Å². The van der Waals surface area contributed by atoms with E-state index in [1.54, 1.807) is 27.4 Å². The molecule has 0 spiro atoms. The fourth-order valence-corrected chi connectivity index (χ4v) is 3.76. The second-order valence-corrected chi connectivity index (χ2v) is 6.16. The third-order valence-electron chi connectivity index (χ3n) is 4.92. The molecule has 0 bridgehead atoms. The van der Waals surface area contributed by atoms with Gasteiger partial charge in [-0.3, -0.25) is 0 Å². The number of ether oxygens (including phenoxy) is 3. The van der Waals surface area contributed by atoms with Gasteiger partial charge in [-0.25, -0.2) is 0 Å². The molecule has 0 amide bonds. The summed E-state index contributed by atoms with van der Waals surface area (Å²) in [5.41, 5.74) is 2.11. The van der Waals surface area contributed by atoms with E-state index in [9.17, 15) is 10.2 Å². The van der Waals surface area contributed by atoms with E-state index in [0.717, 1.165) is 11.1 Å². The van der Waals surface area contributed by atoms with E-state index in [0.29, 0.717) is 46.8 Å². The highest BCUT2D eigenvalue weighted by molar-refractivity contribution is 5.99. The topological polar surface area (TPSA) is 72.0 Å². The summed E-state index contributed by atoms with van der Waals surface area (Å²) in [5, 5.41) is 22.8. The average molecular weight is 354 g/mol. The van der Waals surface area contributed by atoms with Crippen LogP contribution in [0, 0.1) is 0 Å². The summed E-state index contributed by atoms with van der Waals surface area (Å²) < 4.78 is 18.4. The smallest absolute Gasteiger partial charge is 0.380 e. The minimum atomic E-state index is 0.119. The SMILES string of the molecule is COc1cc(O)c2c(c1)-c1c(O)c3cccc(OC)c3c(OC)[n+]1CC2. The van der Waals surface area contributed by atoms with Crippen LogP contribution in [0.5, 0.6) is 28.9 Å². The Morgan fingerprint density at radius 2 is 1.81 bits per heavy atom. The maximum absolute atomic E-state index is 11.1. The Balaban J connectivity index is 2.16. The monoisotopic (exact) mass is 354 g/mol. The third kappa shape index (κ3) is 2.15. The van der Waals surface area contributed by atoms with Gasteiger partial charge in [0.1, 0.15) is 22.6 Å². The fraction of sp³-hybridized carbons (Fsp3) is 0.250. The van der Waals surface area contributed by atoms with Gasteiger partial charge in [0.15, 0.2) is 12.3 Å². The van der Waals surface area contributed by atoms with Gasteiger partial charge in [-0.2, -0.15) is 4.57 Å². The summed E-state index contributed by atoms with van der Waals surface area (Å²) in [4.78, 5) is 0. The fourth-order valence-electron chi connectivity index (χ4n) is 3.76. The lowest BCUT2D eigenvalue weighted by Crippen LogP contribution is -2.42. The lowest BCUT2D eigenvalue weighted by atomic mass is 9.93. The molecule has 1 aromatic heterocycles. The molecule has 0 unspecified atom stereocenters. The van der Waals surface area contributed by atoms with E-state index in [-0.39, 0.29) is 11.5 Å². The summed E-state index contributed by atoms with van der Waals surface area (Å²) in [6.45, 7) is 0.562. The summed E-state index contributed by atoms with van der Waals surface area (Å²) in [7, 11) is 4.74. The molecule has 0 aliphatic carbocycles. The van der Waals surface area contributed by atoms with Gasteiger partial charge in [0.2, 0.25) is 0 Å². The van der Waals surface area contributed by atoms with Gasteiger partial charge >= 0.3 is 5.88 Å². The van der Waals surface area contributed by atoms with Crippen molar-refractivity contribution in [1.29, 1.82) is 0 Å². The van der Waals surface area contributed by atoms with Crippen LogP contribution >= 0.6 is 0 Å². The zero-order valence-corrected chi connectivity index (χ0v) is 14.9. The molecule has 2 N–H and O–H groups in total. The zero-order chi connectivity index (χ0) is 18.4. The van der Waals surface area contributed by atoms with Crippen molar-refractivity contribution in [3.05, 3.63) is 35.9 Å². The Bertz CT molecular complexity index is 1030. The van der Waals surface area contributed by atoms with Gasteiger partial charge in [0.05, 0.1) is 26.9 Å². The van der Waals surface area contributed by atoms with Crippen LogP contribution in [0.2, 0.25) is 0 Å². The molecular weight excluding hydrogens is 334 g/mol. The van der Waals surface area contributed by atoms with E-state index in [2.05, 4.69) is 0 Å². The number of nitrogens with zero attached hydrogens (tertiary/aromatic N) is 1. The van der Waals surface area contributed by atoms with E-state index in [1.807, 2.05) is 28.8 Å². The van der Waals surface area contributed by atoms with Crippen molar-refractivity contribution in [1.82, 2.24) is 0 Å². The molecule has 26 heavy (non-hydrogen) atoms. The van der Waals surface area contributed by atoms with Gasteiger partial charge < -0.3 is 24.4 Å². The van der Waals surface area contributed by atoms with Gasteiger partial charge in [0, 0.05) is 23.4 Å². The van der Waals surface area contributed by atoms with Gasteiger partial charge in [0.25, 0.3) is 5.69 Å². The van der Waals surface area contributed by atoms with Crippen LogP contribution in [0.15, 0.2) is 30.3 Å². The Labute approximate surface area is 150 Å². The van der Waals surface area contributed by atoms with Crippen molar-refractivity contribution < 1.29 is 29.0 Å². The quantitative estimate of drug-likeness (QED) is 0.708. The van der Waals surface area contributed by atoms with Crippen molar-refractivity contribution in [2.24, 2.45) is 0 Å². The Morgan fingerprint density at radius 1 is 1.00 bits per heavy atom. The first-order valence-corrected chi connectivity index (χ1v) is 8.30. The Hall–Kier alpha value is -3.15. The third-order valence-corrected chi connectivity index (χ3v) is 4.92. The van der Waals surface area contributed by atoms with Crippen LogP contribution in [0.4, 0.5) is 0 Å². The molecule has 4 rings (SSSR count). The molecular formula is C20H20NO5+. The average Bonchev–Trinajstić information content (AvgIpc) is 2.67. The first kappa shape index (κ1) is 16.3. The number of hydrogen-bond acceptors (Lipinski definition) is 5. The molecule has 0 atom stereocenters. The molecule has 0 radical (unpaired) electrons. The van der Waals surface area contributed by atoms with Crippen molar-refractivity contribution in [2.75, 3.05) is 21.3 Å². The molecule has 6 heteroatoms. The number of rotatable bonds is 3. The number of fused-ring (bicyclic) bond motifs is 4. The van der Waals surface area contributed by atoms with Crippen LogP contribution in [0.3, 0.4) is 0 Å². The predicted octanol–water partition coefficient (Wildman–Crippen LogP) is 2.79. The summed E-state index contributed by atoms with van der Waals surface area (Å²) in [5.74, 6) is 2.05. The van der Waals surface area contributed by atoms with E-state index in [4.69, 9.17) is 14.2 Å². The van der Waals surface area contributed by atoms with Crippen LogP contribution in [0.1, 0.15) is 5.56 Å². The number of aromatic nitrogens is 1. The number of phenolic OH excluding ortho intramolecular Hbond substituents is 1. The Kier molecular flexibility index (Phi) is 3.76. The molecule has 3 aromatic rings. The van der Waals surface area contributed by atoms with Crippen LogP contribution in [0.25, 0.3) is 22.0 Å². The molecule has 0 saturated heterocycles. The van der Waals surface area contributed by atoms with Gasteiger partial charge in [-0.15, -0.1) is 0 Å². The first-order valence-electron chi connectivity index (χ1n) is 8.30.